The lowest BCUT2D eigenvalue weighted by Crippen LogP contribution is -2.40. The molecule has 1 saturated heterocycles. The topological polar surface area (TPSA) is 79.8 Å². The Hall–Kier alpha value is -2.87. The van der Waals surface area contributed by atoms with Crippen molar-refractivity contribution in [2.75, 3.05) is 50.2 Å². The molecule has 0 aliphatic carbocycles. The van der Waals surface area contributed by atoms with Gasteiger partial charge in [0.15, 0.2) is 0 Å². The van der Waals surface area contributed by atoms with Gasteiger partial charge in [0.25, 0.3) is 0 Å². The summed E-state index contributed by atoms with van der Waals surface area (Å²) < 4.78 is 10.5. The number of rotatable bonds is 3. The molecule has 1 aromatic heterocycles. The molecule has 4 rings (SSSR count). The number of hydrogen-bond acceptors (Lipinski definition) is 6. The second-order valence-electron chi connectivity index (χ2n) is 6.57. The fourth-order valence-electron chi connectivity index (χ4n) is 3.26. The number of morpholine rings is 1. The number of amides is 2. The van der Waals surface area contributed by atoms with Crippen LogP contribution in [0.25, 0.3) is 0 Å². The molecule has 0 bridgehead atoms. The highest BCUT2D eigenvalue weighted by atomic mass is 16.5. The Labute approximate surface area is 158 Å². The Morgan fingerprint density at radius 3 is 2.70 bits per heavy atom. The van der Waals surface area contributed by atoms with E-state index in [-0.39, 0.29) is 6.03 Å². The highest BCUT2D eigenvalue weighted by Gasteiger charge is 2.24. The van der Waals surface area contributed by atoms with Gasteiger partial charge in [-0.2, -0.15) is 0 Å². The third-order valence-electron chi connectivity index (χ3n) is 4.86. The maximum absolute atomic E-state index is 12.6. The zero-order valence-corrected chi connectivity index (χ0v) is 15.4. The van der Waals surface area contributed by atoms with Crippen molar-refractivity contribution in [3.63, 3.8) is 0 Å². The number of ether oxygens (including phenoxy) is 2. The highest BCUT2D eigenvalue weighted by Crippen LogP contribution is 2.21. The van der Waals surface area contributed by atoms with Crippen LogP contribution in [0.5, 0.6) is 5.75 Å². The number of anilines is 2. The van der Waals surface area contributed by atoms with E-state index in [1.165, 1.54) is 0 Å². The molecule has 2 aromatic rings. The quantitative estimate of drug-likeness (QED) is 0.890. The summed E-state index contributed by atoms with van der Waals surface area (Å²) in [6.07, 6.45) is 2.65. The molecule has 2 aliphatic rings. The van der Waals surface area contributed by atoms with Gasteiger partial charge in [0.1, 0.15) is 5.75 Å². The van der Waals surface area contributed by atoms with Crippen LogP contribution in [0.15, 0.2) is 30.5 Å². The fourth-order valence-corrected chi connectivity index (χ4v) is 3.26. The number of methoxy groups -OCH3 is 1. The van der Waals surface area contributed by atoms with Crippen molar-refractivity contribution in [2.24, 2.45) is 0 Å². The van der Waals surface area contributed by atoms with Crippen LogP contribution in [-0.2, 0) is 17.7 Å². The van der Waals surface area contributed by atoms with E-state index in [0.29, 0.717) is 26.3 Å². The van der Waals surface area contributed by atoms with Crippen molar-refractivity contribution in [3.05, 3.63) is 41.7 Å². The van der Waals surface area contributed by atoms with Crippen molar-refractivity contribution < 1.29 is 14.3 Å². The zero-order chi connectivity index (χ0) is 18.6. The first-order chi connectivity index (χ1) is 13.2. The summed E-state index contributed by atoms with van der Waals surface area (Å²) in [5, 5.41) is 2.93. The maximum atomic E-state index is 12.6. The Balaban J connectivity index is 1.43. The second kappa shape index (κ2) is 7.79. The van der Waals surface area contributed by atoms with E-state index in [9.17, 15) is 4.79 Å². The Morgan fingerprint density at radius 2 is 1.96 bits per heavy atom. The van der Waals surface area contributed by atoms with E-state index in [0.717, 1.165) is 48.2 Å². The van der Waals surface area contributed by atoms with Crippen molar-refractivity contribution in [2.45, 2.75) is 13.0 Å². The summed E-state index contributed by atoms with van der Waals surface area (Å²) in [4.78, 5) is 25.8. The summed E-state index contributed by atoms with van der Waals surface area (Å²) in [7, 11) is 1.62. The third-order valence-corrected chi connectivity index (χ3v) is 4.86. The molecule has 142 valence electrons. The largest absolute Gasteiger partial charge is 0.497 e. The Kier molecular flexibility index (Phi) is 5.06. The Bertz CT molecular complexity index is 805. The summed E-state index contributed by atoms with van der Waals surface area (Å²) in [6, 6.07) is 7.17. The van der Waals surface area contributed by atoms with Crippen LogP contribution in [0.3, 0.4) is 0 Å². The van der Waals surface area contributed by atoms with Gasteiger partial charge in [0, 0.05) is 31.5 Å². The van der Waals surface area contributed by atoms with Gasteiger partial charge in [-0.1, -0.05) is 0 Å². The van der Waals surface area contributed by atoms with Crippen molar-refractivity contribution in [1.29, 1.82) is 0 Å². The van der Waals surface area contributed by atoms with Gasteiger partial charge in [-0.05, 0) is 36.2 Å². The second-order valence-corrected chi connectivity index (χ2v) is 6.57. The van der Waals surface area contributed by atoms with Crippen LogP contribution < -0.4 is 15.0 Å². The minimum atomic E-state index is -0.127. The van der Waals surface area contributed by atoms with Gasteiger partial charge in [0.2, 0.25) is 5.95 Å². The summed E-state index contributed by atoms with van der Waals surface area (Å²) in [5.41, 5.74) is 2.77. The maximum Gasteiger partial charge on any atom is 0.322 e. The number of aromatic nitrogens is 2. The molecule has 2 amide bonds. The molecule has 0 atom stereocenters. The molecule has 0 radical (unpaired) electrons. The summed E-state index contributed by atoms with van der Waals surface area (Å²) in [5.74, 6) is 1.47. The van der Waals surface area contributed by atoms with E-state index < -0.39 is 0 Å². The van der Waals surface area contributed by atoms with E-state index in [4.69, 9.17) is 14.5 Å². The summed E-state index contributed by atoms with van der Waals surface area (Å²) in [6.45, 7) is 4.10. The molecule has 2 aliphatic heterocycles. The monoisotopic (exact) mass is 369 g/mol. The molecular weight excluding hydrogens is 346 g/mol. The number of nitrogens with one attached hydrogen (secondary N) is 1. The number of fused-ring (bicyclic) bond motifs is 1. The summed E-state index contributed by atoms with van der Waals surface area (Å²) >= 11 is 0. The molecule has 0 saturated carbocycles. The molecular formula is C19H23N5O3. The van der Waals surface area contributed by atoms with Gasteiger partial charge in [-0.25, -0.2) is 14.8 Å². The SMILES string of the molecule is COc1ccc(NC(=O)N2CCc3cnc(N4CCOCC4)nc3C2)cc1. The van der Waals surface area contributed by atoms with Crippen LogP contribution in [0.2, 0.25) is 0 Å². The molecule has 8 nitrogen and oxygen atoms in total. The minimum Gasteiger partial charge on any atom is -0.497 e. The highest BCUT2D eigenvalue weighted by molar-refractivity contribution is 5.89. The molecule has 0 unspecified atom stereocenters. The molecule has 1 fully saturated rings. The van der Waals surface area contributed by atoms with Gasteiger partial charge < -0.3 is 24.6 Å². The van der Waals surface area contributed by atoms with Crippen molar-refractivity contribution in [3.8, 4) is 5.75 Å². The average Bonchev–Trinajstić information content (AvgIpc) is 2.74. The number of carbonyl (C=O) groups is 1. The van der Waals surface area contributed by atoms with Crippen molar-refractivity contribution >= 4 is 17.7 Å². The van der Waals surface area contributed by atoms with Gasteiger partial charge in [-0.15, -0.1) is 0 Å². The van der Waals surface area contributed by atoms with Crippen LogP contribution in [0.4, 0.5) is 16.4 Å². The van der Waals surface area contributed by atoms with E-state index in [1.54, 1.807) is 12.0 Å². The number of nitrogens with zero attached hydrogens (tertiary/aromatic N) is 4. The molecule has 1 N–H and O–H groups in total. The third kappa shape index (κ3) is 3.95. The van der Waals surface area contributed by atoms with Crippen molar-refractivity contribution in [1.82, 2.24) is 14.9 Å². The molecule has 3 heterocycles. The van der Waals surface area contributed by atoms with Gasteiger partial charge in [-0.3, -0.25) is 0 Å². The fraction of sp³-hybridized carbons (Fsp3) is 0.421. The average molecular weight is 369 g/mol. The number of urea groups is 1. The van der Waals surface area contributed by atoms with Crippen LogP contribution >= 0.6 is 0 Å². The van der Waals surface area contributed by atoms with E-state index in [1.807, 2.05) is 30.5 Å². The van der Waals surface area contributed by atoms with E-state index in [2.05, 4.69) is 15.2 Å². The minimum absolute atomic E-state index is 0.127. The standard InChI is InChI=1S/C19H23N5O3/c1-26-16-4-2-15(3-5-16)21-19(25)24-7-6-14-12-20-18(22-17(14)13-24)23-8-10-27-11-9-23/h2-5,12H,6-11,13H2,1H3,(H,21,25). The lowest BCUT2D eigenvalue weighted by molar-refractivity contribution is 0.122. The van der Waals surface area contributed by atoms with Crippen LogP contribution in [0, 0.1) is 0 Å². The Morgan fingerprint density at radius 1 is 1.19 bits per heavy atom. The normalized spacial score (nSPS) is 16.6. The number of hydrogen-bond donors (Lipinski definition) is 1. The first-order valence-corrected chi connectivity index (χ1v) is 9.10. The van der Waals surface area contributed by atoms with Crippen LogP contribution in [0.1, 0.15) is 11.3 Å². The predicted octanol–water partition coefficient (Wildman–Crippen LogP) is 1.91. The number of benzene rings is 1. The molecule has 27 heavy (non-hydrogen) atoms. The lowest BCUT2D eigenvalue weighted by atomic mass is 10.1. The molecule has 0 spiro atoms. The molecule has 1 aromatic carbocycles. The van der Waals surface area contributed by atoms with E-state index >= 15 is 0 Å². The van der Waals surface area contributed by atoms with Gasteiger partial charge >= 0.3 is 6.03 Å². The first-order valence-electron chi connectivity index (χ1n) is 9.10. The first kappa shape index (κ1) is 17.5. The predicted molar refractivity (Wildman–Crippen MR) is 101 cm³/mol. The lowest BCUT2D eigenvalue weighted by Gasteiger charge is -2.30. The smallest absolute Gasteiger partial charge is 0.322 e. The van der Waals surface area contributed by atoms with Gasteiger partial charge in [0.05, 0.1) is 32.6 Å². The number of carbonyl (C=O) groups excluding carboxylic acids is 1. The zero-order valence-electron chi connectivity index (χ0n) is 15.4. The van der Waals surface area contributed by atoms with Crippen LogP contribution in [-0.4, -0.2) is 60.9 Å². The molecule has 8 heteroatoms.